The minimum Gasteiger partial charge on any atom is -0.439 e. The Balaban J connectivity index is 1.45. The van der Waals surface area contributed by atoms with Gasteiger partial charge < -0.3 is 9.84 Å². The predicted octanol–water partition coefficient (Wildman–Crippen LogP) is 4.56. The first-order chi connectivity index (χ1) is 15.9. The first kappa shape index (κ1) is 21.6. The van der Waals surface area contributed by atoms with Crippen LogP contribution >= 0.6 is 11.3 Å². The number of aryl methyl sites for hydroxylation is 1. The maximum absolute atomic E-state index is 12.5. The highest BCUT2D eigenvalue weighted by molar-refractivity contribution is 7.22. The summed E-state index contributed by atoms with van der Waals surface area (Å²) in [5.74, 6) is 1.93. The zero-order valence-electron chi connectivity index (χ0n) is 18.5. The predicted molar refractivity (Wildman–Crippen MR) is 129 cm³/mol. The summed E-state index contributed by atoms with van der Waals surface area (Å²) < 4.78 is 7.33. The number of hydrogen-bond acceptors (Lipinski definition) is 6. The topological polar surface area (TPSA) is 97.2 Å². The molecule has 33 heavy (non-hydrogen) atoms. The van der Waals surface area contributed by atoms with Crippen molar-refractivity contribution in [1.82, 2.24) is 14.5 Å². The quantitative estimate of drug-likeness (QED) is 0.419. The molecule has 1 aromatic carbocycles. The van der Waals surface area contributed by atoms with E-state index in [1.54, 1.807) is 12.3 Å². The van der Waals surface area contributed by atoms with Crippen molar-refractivity contribution < 1.29 is 9.84 Å². The monoisotopic (exact) mass is 463 g/mol. The average molecular weight is 464 g/mol. The first-order valence-corrected chi connectivity index (χ1v) is 11.9. The van der Waals surface area contributed by atoms with Gasteiger partial charge in [-0.2, -0.15) is 0 Å². The van der Waals surface area contributed by atoms with Gasteiger partial charge in [-0.25, -0.2) is 9.78 Å². The molecule has 0 spiro atoms. The number of nitrogens with one attached hydrogen (secondary N) is 1. The first-order valence-electron chi connectivity index (χ1n) is 11.1. The fourth-order valence-corrected chi connectivity index (χ4v) is 5.28. The van der Waals surface area contributed by atoms with Gasteiger partial charge in [-0.1, -0.05) is 19.1 Å². The van der Waals surface area contributed by atoms with Gasteiger partial charge >= 0.3 is 5.69 Å². The molecule has 8 heteroatoms. The molecule has 0 bridgehead atoms. The molecule has 170 valence electrons. The smallest absolute Gasteiger partial charge is 0.329 e. The van der Waals surface area contributed by atoms with Crippen LogP contribution in [-0.2, 0) is 6.54 Å². The lowest BCUT2D eigenvalue weighted by Gasteiger charge is -2.10. The zero-order chi connectivity index (χ0) is 23.1. The molecule has 5 rings (SSSR count). The Morgan fingerprint density at radius 2 is 1.97 bits per heavy atom. The van der Waals surface area contributed by atoms with Crippen LogP contribution in [0.3, 0.4) is 0 Å². The third-order valence-electron chi connectivity index (χ3n) is 6.08. The van der Waals surface area contributed by atoms with Crippen LogP contribution in [-0.4, -0.2) is 25.7 Å². The number of thiophene rings is 1. The van der Waals surface area contributed by atoms with E-state index < -0.39 is 17.4 Å². The van der Waals surface area contributed by atoms with Crippen LogP contribution in [0.2, 0.25) is 0 Å². The Hall–Kier alpha value is -3.23. The van der Waals surface area contributed by atoms with Crippen LogP contribution in [0.25, 0.3) is 20.7 Å². The summed E-state index contributed by atoms with van der Waals surface area (Å²) in [4.78, 5) is 33.2. The molecular weight excluding hydrogens is 438 g/mol. The van der Waals surface area contributed by atoms with Crippen molar-refractivity contribution in [2.45, 2.75) is 51.7 Å². The molecule has 1 saturated carbocycles. The molecule has 0 radical (unpaired) electrons. The van der Waals surface area contributed by atoms with Crippen molar-refractivity contribution >= 4 is 21.6 Å². The summed E-state index contributed by atoms with van der Waals surface area (Å²) in [6.45, 7) is 3.84. The van der Waals surface area contributed by atoms with Crippen LogP contribution < -0.4 is 16.0 Å². The Kier molecular flexibility index (Phi) is 5.64. The molecule has 7 nitrogen and oxygen atoms in total. The molecule has 1 aliphatic rings. The molecule has 2 N–H and O–H groups in total. The number of aromatic nitrogens is 3. The van der Waals surface area contributed by atoms with Gasteiger partial charge in [0.15, 0.2) is 0 Å². The highest BCUT2D eigenvalue weighted by atomic mass is 32.1. The highest BCUT2D eigenvalue weighted by Crippen LogP contribution is 2.40. The van der Waals surface area contributed by atoms with Crippen molar-refractivity contribution in [2.75, 3.05) is 0 Å². The number of nitrogens with zero attached hydrogens (tertiary/aromatic N) is 2. The van der Waals surface area contributed by atoms with Gasteiger partial charge in [-0.05, 0) is 61.4 Å². The number of aliphatic hydroxyl groups is 1. The number of rotatable bonds is 7. The van der Waals surface area contributed by atoms with E-state index in [1.165, 1.54) is 34.3 Å². The van der Waals surface area contributed by atoms with Gasteiger partial charge in [0.05, 0.1) is 18.0 Å². The third-order valence-corrected chi connectivity index (χ3v) is 7.44. The SMILES string of the molecule is CC[C@H](O)Cn1c(=O)[nH]c(=O)c2c(C)c(-c3ccc(Oc4ccc(C5CC5)cc4)nc3)sc21. The molecule has 0 aliphatic heterocycles. The van der Waals surface area contributed by atoms with Gasteiger partial charge in [0.2, 0.25) is 5.88 Å². The van der Waals surface area contributed by atoms with E-state index in [0.29, 0.717) is 28.4 Å². The Morgan fingerprint density at radius 3 is 2.61 bits per heavy atom. The molecule has 0 amide bonds. The number of ether oxygens (including phenoxy) is 1. The Morgan fingerprint density at radius 1 is 1.21 bits per heavy atom. The van der Waals surface area contributed by atoms with E-state index >= 15 is 0 Å². The second-order valence-electron chi connectivity index (χ2n) is 8.50. The standard InChI is InChI=1S/C25H25N3O4S/c1-3-18(29)13-28-24-21(23(30)27-25(28)31)14(2)22(33-24)17-8-11-20(26-12-17)32-19-9-6-16(7-10-19)15-4-5-15/h6-12,15,18,29H,3-5,13H2,1-2H3,(H,27,30,31)/t18-/m0/s1. The second kappa shape index (κ2) is 8.61. The van der Waals surface area contributed by atoms with Crippen molar-refractivity contribution in [3.63, 3.8) is 0 Å². The fraction of sp³-hybridized carbons (Fsp3) is 0.320. The van der Waals surface area contributed by atoms with Crippen molar-refractivity contribution in [2.24, 2.45) is 0 Å². The van der Waals surface area contributed by atoms with Crippen molar-refractivity contribution in [3.8, 4) is 22.1 Å². The molecule has 3 heterocycles. The van der Waals surface area contributed by atoms with Gasteiger partial charge in [0, 0.05) is 22.7 Å². The van der Waals surface area contributed by atoms with Crippen molar-refractivity contribution in [3.05, 3.63) is 74.6 Å². The van der Waals surface area contributed by atoms with E-state index in [-0.39, 0.29) is 6.54 Å². The lowest BCUT2D eigenvalue weighted by molar-refractivity contribution is 0.150. The third kappa shape index (κ3) is 4.24. The molecular formula is C25H25N3O4S. The van der Waals surface area contributed by atoms with Crippen LogP contribution in [0.4, 0.5) is 0 Å². The average Bonchev–Trinajstić information content (AvgIpc) is 3.60. The summed E-state index contributed by atoms with van der Waals surface area (Å²) in [6, 6.07) is 11.8. The minimum absolute atomic E-state index is 0.132. The summed E-state index contributed by atoms with van der Waals surface area (Å²) in [5.41, 5.74) is 2.04. The molecule has 1 atom stereocenters. The van der Waals surface area contributed by atoms with E-state index in [0.717, 1.165) is 21.8 Å². The highest BCUT2D eigenvalue weighted by Gasteiger charge is 2.23. The number of benzene rings is 1. The Bertz CT molecular complexity index is 1410. The minimum atomic E-state index is -0.668. The van der Waals surface area contributed by atoms with Gasteiger partial charge in [-0.3, -0.25) is 14.3 Å². The summed E-state index contributed by atoms with van der Waals surface area (Å²) in [7, 11) is 0. The van der Waals surface area contributed by atoms with Crippen LogP contribution in [0.1, 0.15) is 43.2 Å². The lowest BCUT2D eigenvalue weighted by atomic mass is 10.1. The zero-order valence-corrected chi connectivity index (χ0v) is 19.3. The largest absolute Gasteiger partial charge is 0.439 e. The normalized spacial score (nSPS) is 14.5. The summed E-state index contributed by atoms with van der Waals surface area (Å²) >= 11 is 1.36. The van der Waals surface area contributed by atoms with E-state index in [4.69, 9.17) is 4.74 Å². The molecule has 0 unspecified atom stereocenters. The van der Waals surface area contributed by atoms with Gasteiger partial charge in [-0.15, -0.1) is 11.3 Å². The molecule has 3 aromatic heterocycles. The van der Waals surface area contributed by atoms with E-state index in [1.807, 2.05) is 32.0 Å². The number of hydrogen-bond donors (Lipinski definition) is 2. The van der Waals surface area contributed by atoms with Crippen LogP contribution in [0.15, 0.2) is 52.2 Å². The molecule has 0 saturated heterocycles. The van der Waals surface area contributed by atoms with E-state index in [2.05, 4.69) is 22.1 Å². The maximum Gasteiger partial charge on any atom is 0.329 e. The molecule has 4 aromatic rings. The van der Waals surface area contributed by atoms with E-state index in [9.17, 15) is 14.7 Å². The molecule has 1 aliphatic carbocycles. The number of fused-ring (bicyclic) bond motifs is 1. The molecule has 1 fully saturated rings. The number of pyridine rings is 1. The summed E-state index contributed by atoms with van der Waals surface area (Å²) in [6.07, 6.45) is 4.09. The number of aromatic amines is 1. The van der Waals surface area contributed by atoms with Gasteiger partial charge in [0.25, 0.3) is 5.56 Å². The second-order valence-corrected chi connectivity index (χ2v) is 9.50. The number of H-pyrrole nitrogens is 1. The van der Waals surface area contributed by atoms with Crippen molar-refractivity contribution in [1.29, 1.82) is 0 Å². The van der Waals surface area contributed by atoms with Crippen LogP contribution in [0.5, 0.6) is 11.6 Å². The maximum atomic E-state index is 12.5. The van der Waals surface area contributed by atoms with Crippen LogP contribution in [0, 0.1) is 6.92 Å². The van der Waals surface area contributed by atoms with Gasteiger partial charge in [0.1, 0.15) is 10.6 Å². The fourth-order valence-electron chi connectivity index (χ4n) is 3.98. The Labute approximate surface area is 194 Å². The number of aliphatic hydroxyl groups excluding tert-OH is 1. The lowest BCUT2D eigenvalue weighted by Crippen LogP contribution is -2.33. The summed E-state index contributed by atoms with van der Waals surface area (Å²) in [5, 5.41) is 10.6.